The van der Waals surface area contributed by atoms with Crippen LogP contribution in [0.5, 0.6) is 0 Å². The topological polar surface area (TPSA) is 61.4 Å². The summed E-state index contributed by atoms with van der Waals surface area (Å²) >= 11 is 1.40. The Bertz CT molecular complexity index is 753. The van der Waals surface area contributed by atoms with Crippen molar-refractivity contribution in [2.45, 2.75) is 0 Å². The van der Waals surface area contributed by atoms with Gasteiger partial charge in [0.25, 0.3) is 11.8 Å². The number of nitrogens with zero attached hydrogens (tertiary/aromatic N) is 1. The van der Waals surface area contributed by atoms with Crippen LogP contribution in [-0.2, 0) is 0 Å². The quantitative estimate of drug-likeness (QED) is 0.864. The Morgan fingerprint density at radius 3 is 2.56 bits per heavy atom. The maximum Gasteiger partial charge on any atom is 0.265 e. The number of hydrogen-bond donors (Lipinski definition) is 2. The molecule has 2 aliphatic rings. The third-order valence-electron chi connectivity index (χ3n) is 4.79. The fourth-order valence-corrected chi connectivity index (χ4v) is 4.15. The number of nitrogens with one attached hydrogen (secondary N) is 2. The van der Waals surface area contributed by atoms with E-state index in [1.807, 2.05) is 34.5 Å². The lowest BCUT2D eigenvalue weighted by molar-refractivity contribution is 0.0781. The highest BCUT2D eigenvalue weighted by Gasteiger charge is 2.38. The van der Waals surface area contributed by atoms with E-state index in [0.717, 1.165) is 26.2 Å². The van der Waals surface area contributed by atoms with Crippen molar-refractivity contribution in [1.82, 2.24) is 10.2 Å². The predicted octanol–water partition coefficient (Wildman–Crippen LogP) is 2.71. The number of carbonyl (C=O) groups is 2. The fourth-order valence-electron chi connectivity index (χ4n) is 3.53. The first-order chi connectivity index (χ1) is 11.7. The molecular formula is C18H20ClN3O2S. The lowest BCUT2D eigenvalue weighted by atomic mass is 10.0. The molecule has 3 heterocycles. The van der Waals surface area contributed by atoms with Gasteiger partial charge in [-0.15, -0.1) is 23.7 Å². The van der Waals surface area contributed by atoms with E-state index < -0.39 is 0 Å². The van der Waals surface area contributed by atoms with Gasteiger partial charge in [0, 0.05) is 37.4 Å². The van der Waals surface area contributed by atoms with Gasteiger partial charge >= 0.3 is 0 Å². The minimum atomic E-state index is -0.142. The van der Waals surface area contributed by atoms with E-state index in [4.69, 9.17) is 0 Å². The van der Waals surface area contributed by atoms with Crippen LogP contribution in [0.4, 0.5) is 5.69 Å². The van der Waals surface area contributed by atoms with Gasteiger partial charge in [0.2, 0.25) is 0 Å². The van der Waals surface area contributed by atoms with E-state index in [1.54, 1.807) is 12.1 Å². The van der Waals surface area contributed by atoms with Gasteiger partial charge in [0.15, 0.2) is 0 Å². The zero-order valence-corrected chi connectivity index (χ0v) is 15.2. The highest BCUT2D eigenvalue weighted by Crippen LogP contribution is 2.27. The first kappa shape index (κ1) is 17.9. The van der Waals surface area contributed by atoms with E-state index in [0.29, 0.717) is 28.0 Å². The highest BCUT2D eigenvalue weighted by atomic mass is 35.5. The second-order valence-electron chi connectivity index (χ2n) is 6.40. The van der Waals surface area contributed by atoms with Crippen LogP contribution in [0.15, 0.2) is 41.8 Å². The monoisotopic (exact) mass is 377 g/mol. The third kappa shape index (κ3) is 3.71. The highest BCUT2D eigenvalue weighted by molar-refractivity contribution is 7.12. The fraction of sp³-hybridized carbons (Fsp3) is 0.333. The Labute approximate surface area is 156 Å². The summed E-state index contributed by atoms with van der Waals surface area (Å²) in [7, 11) is 0. The summed E-state index contributed by atoms with van der Waals surface area (Å²) in [5.41, 5.74) is 1.28. The molecule has 0 aliphatic carbocycles. The second-order valence-corrected chi connectivity index (χ2v) is 7.35. The average molecular weight is 378 g/mol. The van der Waals surface area contributed by atoms with Crippen molar-refractivity contribution in [3.63, 3.8) is 0 Å². The summed E-state index contributed by atoms with van der Waals surface area (Å²) in [6.07, 6.45) is 0. The van der Waals surface area contributed by atoms with Crippen molar-refractivity contribution >= 4 is 41.2 Å². The zero-order chi connectivity index (χ0) is 16.5. The van der Waals surface area contributed by atoms with Crippen LogP contribution in [0.3, 0.4) is 0 Å². The lowest BCUT2D eigenvalue weighted by Crippen LogP contribution is -2.31. The van der Waals surface area contributed by atoms with Gasteiger partial charge in [-0.1, -0.05) is 12.1 Å². The van der Waals surface area contributed by atoms with Gasteiger partial charge < -0.3 is 15.5 Å². The molecule has 0 unspecified atom stereocenters. The van der Waals surface area contributed by atoms with Crippen LogP contribution >= 0.6 is 23.7 Å². The summed E-state index contributed by atoms with van der Waals surface area (Å²) in [4.78, 5) is 27.5. The van der Waals surface area contributed by atoms with Crippen molar-refractivity contribution in [2.75, 3.05) is 31.5 Å². The number of benzene rings is 1. The number of anilines is 1. The number of rotatable bonds is 3. The lowest BCUT2D eigenvalue weighted by Gasteiger charge is -2.18. The standard InChI is InChI=1S/C18H19N3O2S.ClH/c22-17(16-5-2-6-24-16)20-15-4-1-3-12(7-15)18(23)21-10-13-8-19-9-14(13)11-21;/h1-7,13-14,19H,8-11H2,(H,20,22);1H/t13-,14+;. The molecule has 2 saturated heterocycles. The zero-order valence-electron chi connectivity index (χ0n) is 13.6. The third-order valence-corrected chi connectivity index (χ3v) is 5.66. The largest absolute Gasteiger partial charge is 0.338 e. The van der Waals surface area contributed by atoms with Gasteiger partial charge in [-0.2, -0.15) is 0 Å². The van der Waals surface area contributed by atoms with E-state index in [9.17, 15) is 9.59 Å². The number of hydrogen-bond acceptors (Lipinski definition) is 4. The predicted molar refractivity (Wildman–Crippen MR) is 102 cm³/mol. The van der Waals surface area contributed by atoms with Gasteiger partial charge in [-0.05, 0) is 41.5 Å². The van der Waals surface area contributed by atoms with Crippen LogP contribution < -0.4 is 10.6 Å². The molecule has 132 valence electrons. The minimum absolute atomic E-state index is 0. The molecule has 2 aliphatic heterocycles. The molecule has 0 bridgehead atoms. The Morgan fingerprint density at radius 1 is 1.12 bits per heavy atom. The van der Waals surface area contributed by atoms with Crippen molar-refractivity contribution in [2.24, 2.45) is 11.8 Å². The van der Waals surface area contributed by atoms with Crippen molar-refractivity contribution < 1.29 is 9.59 Å². The van der Waals surface area contributed by atoms with E-state index >= 15 is 0 Å². The molecule has 0 saturated carbocycles. The molecule has 2 N–H and O–H groups in total. The molecule has 25 heavy (non-hydrogen) atoms. The molecule has 2 aromatic rings. The van der Waals surface area contributed by atoms with Gasteiger partial charge in [-0.3, -0.25) is 9.59 Å². The number of halogens is 1. The molecule has 0 spiro atoms. The Balaban J connectivity index is 0.00000182. The van der Waals surface area contributed by atoms with Crippen molar-refractivity contribution in [3.05, 3.63) is 52.2 Å². The Kier molecular flexibility index (Phi) is 5.42. The molecule has 7 heteroatoms. The van der Waals surface area contributed by atoms with Crippen molar-refractivity contribution in [1.29, 1.82) is 0 Å². The summed E-state index contributed by atoms with van der Waals surface area (Å²) < 4.78 is 0. The van der Waals surface area contributed by atoms with Gasteiger partial charge in [0.1, 0.15) is 0 Å². The number of carbonyl (C=O) groups excluding carboxylic acids is 2. The second kappa shape index (κ2) is 7.56. The van der Waals surface area contributed by atoms with Crippen LogP contribution in [0.25, 0.3) is 0 Å². The van der Waals surface area contributed by atoms with E-state index in [1.165, 1.54) is 11.3 Å². The molecule has 4 rings (SSSR count). The molecule has 1 aromatic carbocycles. The number of thiophene rings is 1. The number of likely N-dealkylation sites (tertiary alicyclic amines) is 1. The summed E-state index contributed by atoms with van der Waals surface area (Å²) in [6.45, 7) is 3.65. The van der Waals surface area contributed by atoms with Crippen LogP contribution in [-0.4, -0.2) is 42.9 Å². The summed E-state index contributed by atoms with van der Waals surface area (Å²) in [5, 5.41) is 8.11. The molecule has 1 aromatic heterocycles. The maximum absolute atomic E-state index is 12.7. The SMILES string of the molecule is Cl.O=C(Nc1cccc(C(=O)N2C[C@H]3CNC[C@H]3C2)c1)c1cccs1. The summed E-state index contributed by atoms with van der Waals surface area (Å²) in [6, 6.07) is 10.8. The van der Waals surface area contributed by atoms with Crippen molar-refractivity contribution in [3.8, 4) is 0 Å². The molecular weight excluding hydrogens is 358 g/mol. The van der Waals surface area contributed by atoms with E-state index in [2.05, 4.69) is 10.6 Å². The number of fused-ring (bicyclic) bond motifs is 1. The smallest absolute Gasteiger partial charge is 0.265 e. The van der Waals surface area contributed by atoms with Gasteiger partial charge in [0.05, 0.1) is 4.88 Å². The first-order valence-corrected chi connectivity index (χ1v) is 9.03. The Morgan fingerprint density at radius 2 is 1.88 bits per heavy atom. The average Bonchev–Trinajstić information content (AvgIpc) is 3.30. The van der Waals surface area contributed by atoms with Crippen LogP contribution in [0.1, 0.15) is 20.0 Å². The van der Waals surface area contributed by atoms with Gasteiger partial charge in [-0.25, -0.2) is 0 Å². The minimum Gasteiger partial charge on any atom is -0.338 e. The first-order valence-electron chi connectivity index (χ1n) is 8.15. The number of amides is 2. The molecule has 5 nitrogen and oxygen atoms in total. The molecule has 2 fully saturated rings. The molecule has 2 amide bonds. The summed E-state index contributed by atoms with van der Waals surface area (Å²) in [5.74, 6) is 1.07. The van der Waals surface area contributed by atoms with E-state index in [-0.39, 0.29) is 24.2 Å². The van der Waals surface area contributed by atoms with Crippen LogP contribution in [0, 0.1) is 11.8 Å². The molecule has 0 radical (unpaired) electrons. The van der Waals surface area contributed by atoms with Crippen LogP contribution in [0.2, 0.25) is 0 Å². The molecule has 2 atom stereocenters. The normalized spacial score (nSPS) is 21.5. The maximum atomic E-state index is 12.7. The Hall–Kier alpha value is -1.89.